The maximum atomic E-state index is 12.5. The van der Waals surface area contributed by atoms with Crippen molar-refractivity contribution < 1.29 is 19.1 Å². The molecule has 0 bridgehead atoms. The number of ether oxygens (including phenoxy) is 1. The third-order valence-electron chi connectivity index (χ3n) is 3.67. The number of Topliss-reactive ketones (excluding diaryl/α,β-unsaturated/α-hetero) is 2. The fourth-order valence-electron chi connectivity index (χ4n) is 2.40. The van der Waals surface area contributed by atoms with Crippen LogP contribution in [0.4, 0.5) is 0 Å². The predicted octanol–water partition coefficient (Wildman–Crippen LogP) is 3.24. The first-order valence-corrected chi connectivity index (χ1v) is 8.04. The summed E-state index contributed by atoms with van der Waals surface area (Å²) in [6, 6.07) is 13.2. The van der Waals surface area contributed by atoms with Gasteiger partial charge in [0.1, 0.15) is 5.75 Å². The van der Waals surface area contributed by atoms with Gasteiger partial charge in [0.25, 0.3) is 5.91 Å². The van der Waals surface area contributed by atoms with Crippen molar-refractivity contribution in [3.63, 3.8) is 0 Å². The maximum Gasteiger partial charge on any atom is 0.254 e. The quantitative estimate of drug-likeness (QED) is 0.574. The van der Waals surface area contributed by atoms with Crippen LogP contribution in [0.1, 0.15) is 44.4 Å². The number of amides is 1. The second-order valence-electron chi connectivity index (χ2n) is 5.73. The molecule has 5 nitrogen and oxygen atoms in total. The van der Waals surface area contributed by atoms with Crippen LogP contribution in [0.2, 0.25) is 0 Å². The highest BCUT2D eigenvalue weighted by Gasteiger charge is 2.20. The van der Waals surface area contributed by atoms with Crippen LogP contribution in [0.3, 0.4) is 0 Å². The van der Waals surface area contributed by atoms with Gasteiger partial charge in [-0.2, -0.15) is 0 Å². The molecule has 0 fully saturated rings. The third-order valence-corrected chi connectivity index (χ3v) is 3.67. The van der Waals surface area contributed by atoms with Crippen LogP contribution in [0, 0.1) is 0 Å². The van der Waals surface area contributed by atoms with E-state index in [1.165, 1.54) is 4.90 Å². The summed E-state index contributed by atoms with van der Waals surface area (Å²) >= 11 is 0. The van der Waals surface area contributed by atoms with Gasteiger partial charge in [0.2, 0.25) is 0 Å². The SMILES string of the molecule is CCOc1ccc(C(=O)CC(=O)c2ccccc2C(=O)N(C)C)cc1. The smallest absolute Gasteiger partial charge is 0.254 e. The van der Waals surface area contributed by atoms with E-state index in [1.807, 2.05) is 6.92 Å². The zero-order valence-electron chi connectivity index (χ0n) is 14.6. The van der Waals surface area contributed by atoms with Crippen molar-refractivity contribution in [1.29, 1.82) is 0 Å². The average molecular weight is 339 g/mol. The van der Waals surface area contributed by atoms with Gasteiger partial charge in [-0.3, -0.25) is 14.4 Å². The van der Waals surface area contributed by atoms with E-state index in [-0.39, 0.29) is 29.5 Å². The molecule has 0 unspecified atom stereocenters. The largest absolute Gasteiger partial charge is 0.494 e. The van der Waals surface area contributed by atoms with E-state index in [2.05, 4.69) is 0 Å². The lowest BCUT2D eigenvalue weighted by atomic mass is 9.97. The molecule has 0 aliphatic rings. The van der Waals surface area contributed by atoms with Crippen molar-refractivity contribution in [1.82, 2.24) is 4.90 Å². The minimum absolute atomic E-state index is 0.264. The topological polar surface area (TPSA) is 63.7 Å². The Kier molecular flexibility index (Phi) is 6.06. The van der Waals surface area contributed by atoms with Crippen LogP contribution >= 0.6 is 0 Å². The summed E-state index contributed by atoms with van der Waals surface area (Å²) in [7, 11) is 3.24. The van der Waals surface area contributed by atoms with E-state index >= 15 is 0 Å². The molecule has 2 aromatic carbocycles. The van der Waals surface area contributed by atoms with Crippen LogP contribution in [0.25, 0.3) is 0 Å². The molecule has 0 atom stereocenters. The van der Waals surface area contributed by atoms with Crippen molar-refractivity contribution in [2.45, 2.75) is 13.3 Å². The molecule has 130 valence electrons. The number of carbonyl (C=O) groups is 3. The summed E-state index contributed by atoms with van der Waals surface area (Å²) in [5.41, 5.74) is 1.01. The highest BCUT2D eigenvalue weighted by molar-refractivity contribution is 6.17. The lowest BCUT2D eigenvalue weighted by molar-refractivity contribution is 0.0814. The van der Waals surface area contributed by atoms with E-state index in [1.54, 1.807) is 62.6 Å². The second kappa shape index (κ2) is 8.24. The number of hydrogen-bond donors (Lipinski definition) is 0. The molecule has 0 spiro atoms. The molecule has 0 saturated carbocycles. The lowest BCUT2D eigenvalue weighted by Gasteiger charge is -2.13. The number of rotatable bonds is 7. The van der Waals surface area contributed by atoms with Crippen LogP contribution in [-0.2, 0) is 0 Å². The zero-order valence-corrected chi connectivity index (χ0v) is 14.6. The first-order chi connectivity index (χ1) is 11.9. The number of benzene rings is 2. The molecule has 25 heavy (non-hydrogen) atoms. The van der Waals surface area contributed by atoms with Gasteiger partial charge >= 0.3 is 0 Å². The summed E-state index contributed by atoms with van der Waals surface area (Å²) in [6.45, 7) is 2.42. The van der Waals surface area contributed by atoms with E-state index in [4.69, 9.17) is 4.74 Å². The Bertz CT molecular complexity index is 779. The van der Waals surface area contributed by atoms with Crippen LogP contribution in [-0.4, -0.2) is 43.1 Å². The number of nitrogens with zero attached hydrogens (tertiary/aromatic N) is 1. The summed E-state index contributed by atoms with van der Waals surface area (Å²) < 4.78 is 5.34. The Morgan fingerprint density at radius 2 is 1.48 bits per heavy atom. The highest BCUT2D eigenvalue weighted by atomic mass is 16.5. The fraction of sp³-hybridized carbons (Fsp3) is 0.250. The van der Waals surface area contributed by atoms with Crippen LogP contribution < -0.4 is 4.74 Å². The van der Waals surface area contributed by atoms with Gasteiger partial charge in [-0.1, -0.05) is 18.2 Å². The number of ketones is 2. The lowest BCUT2D eigenvalue weighted by Crippen LogP contribution is -2.24. The molecule has 0 saturated heterocycles. The predicted molar refractivity (Wildman–Crippen MR) is 95.3 cm³/mol. The molecule has 0 heterocycles. The summed E-state index contributed by atoms with van der Waals surface area (Å²) in [5, 5.41) is 0. The Hall–Kier alpha value is -2.95. The molecule has 0 aliphatic carbocycles. The standard InChI is InChI=1S/C20H21NO4/c1-4-25-15-11-9-14(10-12-15)18(22)13-19(23)16-7-5-6-8-17(16)20(24)21(2)3/h5-12H,4,13H2,1-3H3. The summed E-state index contributed by atoms with van der Waals surface area (Å²) in [6.07, 6.45) is -0.286. The molecule has 2 aromatic rings. The first kappa shape index (κ1) is 18.4. The molecule has 0 aromatic heterocycles. The van der Waals surface area contributed by atoms with Crippen molar-refractivity contribution in [2.24, 2.45) is 0 Å². The monoisotopic (exact) mass is 339 g/mol. The van der Waals surface area contributed by atoms with Gasteiger partial charge in [-0.05, 0) is 37.3 Å². The minimum atomic E-state index is -0.371. The van der Waals surface area contributed by atoms with Crippen molar-refractivity contribution in [3.8, 4) is 5.75 Å². The van der Waals surface area contributed by atoms with Gasteiger partial charge in [-0.15, -0.1) is 0 Å². The van der Waals surface area contributed by atoms with Crippen molar-refractivity contribution in [3.05, 3.63) is 65.2 Å². The third kappa shape index (κ3) is 4.53. The number of carbonyl (C=O) groups excluding carboxylic acids is 3. The van der Waals surface area contributed by atoms with Crippen molar-refractivity contribution >= 4 is 17.5 Å². The van der Waals surface area contributed by atoms with Gasteiger partial charge in [0.15, 0.2) is 11.6 Å². The molecule has 5 heteroatoms. The molecule has 0 N–H and O–H groups in total. The maximum absolute atomic E-state index is 12.5. The molecular weight excluding hydrogens is 318 g/mol. The first-order valence-electron chi connectivity index (χ1n) is 8.04. The zero-order chi connectivity index (χ0) is 18.4. The Balaban J connectivity index is 2.17. The molecular formula is C20H21NO4. The van der Waals surface area contributed by atoms with Gasteiger partial charge in [0, 0.05) is 25.2 Å². The normalized spacial score (nSPS) is 10.2. The number of hydrogen-bond acceptors (Lipinski definition) is 4. The van der Waals surface area contributed by atoms with E-state index in [0.29, 0.717) is 23.5 Å². The van der Waals surface area contributed by atoms with E-state index in [9.17, 15) is 14.4 Å². The van der Waals surface area contributed by atoms with E-state index < -0.39 is 0 Å². The highest BCUT2D eigenvalue weighted by Crippen LogP contribution is 2.17. The minimum Gasteiger partial charge on any atom is -0.494 e. The molecule has 2 rings (SSSR count). The van der Waals surface area contributed by atoms with Gasteiger partial charge in [-0.25, -0.2) is 0 Å². The van der Waals surface area contributed by atoms with Crippen LogP contribution in [0.15, 0.2) is 48.5 Å². The van der Waals surface area contributed by atoms with E-state index in [0.717, 1.165) is 0 Å². The molecule has 0 aliphatic heterocycles. The molecule has 0 radical (unpaired) electrons. The van der Waals surface area contributed by atoms with Gasteiger partial charge < -0.3 is 9.64 Å². The summed E-state index contributed by atoms with van der Waals surface area (Å²) in [5.74, 6) is -0.255. The summed E-state index contributed by atoms with van der Waals surface area (Å²) in [4.78, 5) is 38.5. The average Bonchev–Trinajstić information content (AvgIpc) is 2.61. The van der Waals surface area contributed by atoms with Crippen molar-refractivity contribution in [2.75, 3.05) is 20.7 Å². The second-order valence-corrected chi connectivity index (χ2v) is 5.73. The van der Waals surface area contributed by atoms with Crippen LogP contribution in [0.5, 0.6) is 5.75 Å². The Labute approximate surface area is 147 Å². The van der Waals surface area contributed by atoms with Gasteiger partial charge in [0.05, 0.1) is 18.6 Å². The Morgan fingerprint density at radius 3 is 2.04 bits per heavy atom. The molecule has 1 amide bonds. The fourth-order valence-corrected chi connectivity index (χ4v) is 2.40. The Morgan fingerprint density at radius 1 is 0.880 bits per heavy atom.